The van der Waals surface area contributed by atoms with Gasteiger partial charge >= 0.3 is 0 Å². The van der Waals surface area contributed by atoms with Gasteiger partial charge in [-0.05, 0) is 32.9 Å². The fourth-order valence-corrected chi connectivity index (χ4v) is 1.76. The molecule has 0 aromatic carbocycles. The van der Waals surface area contributed by atoms with Crippen LogP contribution >= 0.6 is 0 Å². The van der Waals surface area contributed by atoms with E-state index in [9.17, 15) is 4.79 Å². The van der Waals surface area contributed by atoms with Crippen LogP contribution in [-0.2, 0) is 9.53 Å². The van der Waals surface area contributed by atoms with E-state index in [4.69, 9.17) is 4.74 Å². The lowest BCUT2D eigenvalue weighted by Crippen LogP contribution is -2.41. The van der Waals surface area contributed by atoms with Gasteiger partial charge in [-0.2, -0.15) is 0 Å². The summed E-state index contributed by atoms with van der Waals surface area (Å²) in [4.78, 5) is 13.7. The summed E-state index contributed by atoms with van der Waals surface area (Å²) >= 11 is 0. The normalized spacial score (nSPS) is 19.6. The van der Waals surface area contributed by atoms with Gasteiger partial charge < -0.3 is 10.1 Å². The molecule has 1 heterocycles. The SMILES string of the molecule is COC[C@@H](C)NC(=O)CN1CCCC1. The zero-order valence-electron chi connectivity index (χ0n) is 9.08. The van der Waals surface area contributed by atoms with Crippen molar-refractivity contribution < 1.29 is 9.53 Å². The fraction of sp³-hybridized carbons (Fsp3) is 0.900. The molecular weight excluding hydrogens is 180 g/mol. The Bertz CT molecular complexity index is 179. The summed E-state index contributed by atoms with van der Waals surface area (Å²) in [5.74, 6) is 0.108. The number of ether oxygens (including phenoxy) is 1. The van der Waals surface area contributed by atoms with Crippen molar-refractivity contribution in [3.05, 3.63) is 0 Å². The summed E-state index contributed by atoms with van der Waals surface area (Å²) in [7, 11) is 1.64. The highest BCUT2D eigenvalue weighted by molar-refractivity contribution is 5.78. The Hall–Kier alpha value is -0.610. The van der Waals surface area contributed by atoms with Crippen molar-refractivity contribution in [2.45, 2.75) is 25.8 Å². The predicted molar refractivity (Wildman–Crippen MR) is 55.2 cm³/mol. The van der Waals surface area contributed by atoms with Crippen LogP contribution in [0.15, 0.2) is 0 Å². The molecule has 1 aliphatic rings. The molecular formula is C10H20N2O2. The monoisotopic (exact) mass is 200 g/mol. The summed E-state index contributed by atoms with van der Waals surface area (Å²) < 4.78 is 4.95. The van der Waals surface area contributed by atoms with Crippen LogP contribution in [0.3, 0.4) is 0 Å². The number of hydrogen-bond donors (Lipinski definition) is 1. The number of carbonyl (C=O) groups is 1. The van der Waals surface area contributed by atoms with E-state index in [0.29, 0.717) is 13.2 Å². The van der Waals surface area contributed by atoms with Crippen molar-refractivity contribution >= 4 is 5.91 Å². The van der Waals surface area contributed by atoms with E-state index < -0.39 is 0 Å². The summed E-state index contributed by atoms with van der Waals surface area (Å²) in [6.45, 7) is 5.18. The fourth-order valence-electron chi connectivity index (χ4n) is 1.76. The van der Waals surface area contributed by atoms with Crippen molar-refractivity contribution in [2.24, 2.45) is 0 Å². The molecule has 1 N–H and O–H groups in total. The van der Waals surface area contributed by atoms with E-state index in [1.54, 1.807) is 7.11 Å². The molecule has 0 bridgehead atoms. The van der Waals surface area contributed by atoms with Gasteiger partial charge in [0.05, 0.1) is 13.2 Å². The number of carbonyl (C=O) groups excluding carboxylic acids is 1. The minimum Gasteiger partial charge on any atom is -0.383 e. The van der Waals surface area contributed by atoms with Crippen LogP contribution in [0.25, 0.3) is 0 Å². The molecule has 0 saturated carbocycles. The van der Waals surface area contributed by atoms with Crippen LogP contribution in [0.1, 0.15) is 19.8 Å². The van der Waals surface area contributed by atoms with E-state index in [2.05, 4.69) is 10.2 Å². The van der Waals surface area contributed by atoms with Gasteiger partial charge in [-0.15, -0.1) is 0 Å². The summed E-state index contributed by atoms with van der Waals surface area (Å²) in [5, 5.41) is 2.90. The van der Waals surface area contributed by atoms with Crippen molar-refractivity contribution in [1.29, 1.82) is 0 Å². The Morgan fingerprint density at radius 1 is 1.50 bits per heavy atom. The Kier molecular flexibility index (Phi) is 4.90. The van der Waals surface area contributed by atoms with Gasteiger partial charge in [0.1, 0.15) is 0 Å². The third kappa shape index (κ3) is 4.07. The molecule has 1 aliphatic heterocycles. The van der Waals surface area contributed by atoms with Gasteiger partial charge in [0.15, 0.2) is 0 Å². The average Bonchev–Trinajstić information content (AvgIpc) is 2.56. The highest BCUT2D eigenvalue weighted by Crippen LogP contribution is 2.05. The molecule has 0 aromatic rings. The Balaban J connectivity index is 2.14. The minimum absolute atomic E-state index is 0.107. The second kappa shape index (κ2) is 5.98. The smallest absolute Gasteiger partial charge is 0.234 e. The van der Waals surface area contributed by atoms with Crippen molar-refractivity contribution in [3.8, 4) is 0 Å². The molecule has 0 radical (unpaired) electrons. The van der Waals surface area contributed by atoms with Crippen LogP contribution in [-0.4, -0.2) is 50.2 Å². The van der Waals surface area contributed by atoms with Gasteiger partial charge in [0, 0.05) is 13.2 Å². The molecule has 1 rings (SSSR count). The maximum absolute atomic E-state index is 11.5. The predicted octanol–water partition coefficient (Wildman–Crippen LogP) is 0.233. The lowest BCUT2D eigenvalue weighted by atomic mass is 10.3. The molecule has 82 valence electrons. The molecule has 1 amide bonds. The van der Waals surface area contributed by atoms with E-state index in [1.165, 1.54) is 12.8 Å². The second-order valence-corrected chi connectivity index (χ2v) is 3.91. The maximum Gasteiger partial charge on any atom is 0.234 e. The first-order valence-electron chi connectivity index (χ1n) is 5.23. The number of amides is 1. The lowest BCUT2D eigenvalue weighted by molar-refractivity contribution is -0.122. The highest BCUT2D eigenvalue weighted by Gasteiger charge is 2.15. The van der Waals surface area contributed by atoms with Crippen LogP contribution in [0.2, 0.25) is 0 Å². The third-order valence-electron chi connectivity index (χ3n) is 2.39. The van der Waals surface area contributed by atoms with Gasteiger partial charge in [-0.25, -0.2) is 0 Å². The van der Waals surface area contributed by atoms with Crippen molar-refractivity contribution in [1.82, 2.24) is 10.2 Å². The van der Waals surface area contributed by atoms with Crippen LogP contribution in [0, 0.1) is 0 Å². The van der Waals surface area contributed by atoms with Crippen LogP contribution < -0.4 is 5.32 Å². The molecule has 1 fully saturated rings. The first-order chi connectivity index (χ1) is 6.72. The molecule has 0 spiro atoms. The Labute approximate surface area is 85.6 Å². The van der Waals surface area contributed by atoms with E-state index in [0.717, 1.165) is 13.1 Å². The second-order valence-electron chi connectivity index (χ2n) is 3.91. The number of nitrogens with zero attached hydrogens (tertiary/aromatic N) is 1. The lowest BCUT2D eigenvalue weighted by Gasteiger charge is -2.17. The standard InChI is InChI=1S/C10H20N2O2/c1-9(8-14-2)11-10(13)7-12-5-3-4-6-12/h9H,3-8H2,1-2H3,(H,11,13)/t9-/m1/s1. The molecule has 0 aliphatic carbocycles. The number of rotatable bonds is 5. The van der Waals surface area contributed by atoms with Crippen LogP contribution in [0.5, 0.6) is 0 Å². The molecule has 14 heavy (non-hydrogen) atoms. The van der Waals surface area contributed by atoms with Gasteiger partial charge in [0.2, 0.25) is 5.91 Å². The van der Waals surface area contributed by atoms with E-state index in [1.807, 2.05) is 6.92 Å². The van der Waals surface area contributed by atoms with E-state index in [-0.39, 0.29) is 11.9 Å². The maximum atomic E-state index is 11.5. The number of hydrogen-bond acceptors (Lipinski definition) is 3. The highest BCUT2D eigenvalue weighted by atomic mass is 16.5. The Morgan fingerprint density at radius 3 is 2.71 bits per heavy atom. The first kappa shape index (κ1) is 11.5. The Morgan fingerprint density at radius 2 is 2.14 bits per heavy atom. The van der Waals surface area contributed by atoms with Crippen LogP contribution in [0.4, 0.5) is 0 Å². The summed E-state index contributed by atoms with van der Waals surface area (Å²) in [6, 6.07) is 0.107. The number of likely N-dealkylation sites (tertiary alicyclic amines) is 1. The molecule has 4 heteroatoms. The van der Waals surface area contributed by atoms with Crippen molar-refractivity contribution in [3.63, 3.8) is 0 Å². The van der Waals surface area contributed by atoms with Crippen molar-refractivity contribution in [2.75, 3.05) is 33.4 Å². The van der Waals surface area contributed by atoms with Gasteiger partial charge in [-0.3, -0.25) is 9.69 Å². The molecule has 4 nitrogen and oxygen atoms in total. The first-order valence-corrected chi connectivity index (χ1v) is 5.23. The van der Waals surface area contributed by atoms with Gasteiger partial charge in [0.25, 0.3) is 0 Å². The minimum atomic E-state index is 0.107. The van der Waals surface area contributed by atoms with E-state index >= 15 is 0 Å². The number of methoxy groups -OCH3 is 1. The third-order valence-corrected chi connectivity index (χ3v) is 2.39. The molecule has 1 saturated heterocycles. The topological polar surface area (TPSA) is 41.6 Å². The number of nitrogens with one attached hydrogen (secondary N) is 1. The molecule has 0 aromatic heterocycles. The quantitative estimate of drug-likeness (QED) is 0.691. The summed E-state index contributed by atoms with van der Waals surface area (Å²) in [5.41, 5.74) is 0. The molecule has 1 atom stereocenters. The molecule has 0 unspecified atom stereocenters. The summed E-state index contributed by atoms with van der Waals surface area (Å²) in [6.07, 6.45) is 2.45. The largest absolute Gasteiger partial charge is 0.383 e. The zero-order valence-corrected chi connectivity index (χ0v) is 9.08. The van der Waals surface area contributed by atoms with Gasteiger partial charge in [-0.1, -0.05) is 0 Å². The average molecular weight is 200 g/mol. The zero-order chi connectivity index (χ0) is 10.4.